The summed E-state index contributed by atoms with van der Waals surface area (Å²) in [4.78, 5) is 26.3. The minimum atomic E-state index is -3.75. The Bertz CT molecular complexity index is 1050. The zero-order valence-corrected chi connectivity index (χ0v) is 17.2. The molecule has 0 spiro atoms. The van der Waals surface area contributed by atoms with E-state index < -0.39 is 32.8 Å². The number of nitrogens with zero attached hydrogens (tertiary/aromatic N) is 1. The average Bonchev–Trinajstić information content (AvgIpc) is 2.86. The van der Waals surface area contributed by atoms with Crippen LogP contribution in [0.25, 0.3) is 5.70 Å². The van der Waals surface area contributed by atoms with Crippen molar-refractivity contribution in [3.05, 3.63) is 70.7 Å². The number of imide groups is 1. The van der Waals surface area contributed by atoms with Gasteiger partial charge >= 0.3 is 0 Å². The van der Waals surface area contributed by atoms with Gasteiger partial charge in [0.25, 0.3) is 0 Å². The lowest BCUT2D eigenvalue weighted by Crippen LogP contribution is -2.40. The summed E-state index contributed by atoms with van der Waals surface area (Å²) in [6.07, 6.45) is 1.58. The summed E-state index contributed by atoms with van der Waals surface area (Å²) in [6.45, 7) is 2.85. The molecule has 7 heteroatoms. The van der Waals surface area contributed by atoms with Crippen LogP contribution in [0.2, 0.25) is 0 Å². The van der Waals surface area contributed by atoms with Gasteiger partial charge in [0.05, 0.1) is 21.8 Å². The third kappa shape index (κ3) is 3.75. The summed E-state index contributed by atoms with van der Waals surface area (Å²) in [5.74, 6) is -1.40. The van der Waals surface area contributed by atoms with Gasteiger partial charge in [0.1, 0.15) is 0 Å². The van der Waals surface area contributed by atoms with E-state index >= 15 is 0 Å². The summed E-state index contributed by atoms with van der Waals surface area (Å²) >= 11 is 3.27. The molecule has 0 radical (unpaired) electrons. The average molecular weight is 448 g/mol. The molecule has 0 N–H and O–H groups in total. The van der Waals surface area contributed by atoms with Crippen molar-refractivity contribution in [2.45, 2.75) is 18.7 Å². The van der Waals surface area contributed by atoms with Crippen molar-refractivity contribution in [3.8, 4) is 0 Å². The Labute approximate surface area is 166 Å². The van der Waals surface area contributed by atoms with Gasteiger partial charge in [-0.15, -0.1) is 0 Å². The summed E-state index contributed by atoms with van der Waals surface area (Å²) < 4.78 is 26.4. The maximum Gasteiger partial charge on any atom is 0.244 e. The fourth-order valence-electron chi connectivity index (χ4n) is 3.17. The number of hydrogen-bond acceptors (Lipinski definition) is 4. The van der Waals surface area contributed by atoms with Gasteiger partial charge < -0.3 is 0 Å². The van der Waals surface area contributed by atoms with Crippen molar-refractivity contribution in [3.63, 3.8) is 0 Å². The molecule has 2 aromatic carbocycles. The van der Waals surface area contributed by atoms with Crippen LogP contribution in [-0.4, -0.2) is 30.9 Å². The summed E-state index contributed by atoms with van der Waals surface area (Å²) in [7, 11) is -3.75. The Morgan fingerprint density at radius 1 is 1.11 bits per heavy atom. The predicted molar refractivity (Wildman–Crippen MR) is 106 cm³/mol. The molecule has 0 saturated heterocycles. The first-order chi connectivity index (χ1) is 12.6. The van der Waals surface area contributed by atoms with E-state index in [9.17, 15) is 18.0 Å². The Hall–Kier alpha value is -2.25. The number of benzene rings is 2. The quantitative estimate of drug-likeness (QED) is 0.716. The number of hydrogen-bond donors (Lipinski definition) is 0. The van der Waals surface area contributed by atoms with E-state index in [1.807, 2.05) is 6.07 Å². The van der Waals surface area contributed by atoms with Crippen LogP contribution in [0.1, 0.15) is 19.4 Å². The zero-order valence-electron chi connectivity index (χ0n) is 14.8. The van der Waals surface area contributed by atoms with Crippen LogP contribution in [0.15, 0.2) is 70.0 Å². The molecular weight excluding hydrogens is 430 g/mol. The van der Waals surface area contributed by atoms with Crippen molar-refractivity contribution < 1.29 is 18.0 Å². The van der Waals surface area contributed by atoms with Gasteiger partial charge in [-0.3, -0.25) is 9.59 Å². The molecule has 0 fully saturated rings. The maximum atomic E-state index is 13.0. The molecule has 0 aliphatic carbocycles. The minimum absolute atomic E-state index is 0.127. The van der Waals surface area contributed by atoms with Crippen LogP contribution in [0, 0.1) is 5.41 Å². The molecule has 2 amide bonds. The second-order valence-corrected chi connectivity index (χ2v) is 9.59. The molecule has 1 atom stereocenters. The zero-order chi connectivity index (χ0) is 19.8. The number of sulfone groups is 1. The number of rotatable bonds is 4. The monoisotopic (exact) mass is 447 g/mol. The molecule has 3 rings (SSSR count). The lowest BCUT2D eigenvalue weighted by molar-refractivity contribution is -0.142. The van der Waals surface area contributed by atoms with Crippen LogP contribution in [-0.2, 0) is 19.4 Å². The predicted octanol–water partition coefficient (Wildman–Crippen LogP) is 3.66. The molecule has 5 nitrogen and oxygen atoms in total. The Morgan fingerprint density at radius 2 is 1.78 bits per heavy atom. The standard InChI is InChI=1S/C20H18BrNO4S/c1-14(23)22-18(15-7-4-3-5-8-15)12-20(2,19(22)24)13-27(25,26)17-10-6-9-16(21)11-17/h3-12H,13H2,1-2H3. The number of carbonyl (C=O) groups is 2. The maximum absolute atomic E-state index is 13.0. The van der Waals surface area contributed by atoms with Gasteiger partial charge in [-0.25, -0.2) is 13.3 Å². The second-order valence-electron chi connectivity index (χ2n) is 6.69. The van der Waals surface area contributed by atoms with Crippen LogP contribution in [0.5, 0.6) is 0 Å². The van der Waals surface area contributed by atoms with Gasteiger partial charge in [0, 0.05) is 11.4 Å². The van der Waals surface area contributed by atoms with E-state index in [4.69, 9.17) is 0 Å². The fourth-order valence-corrected chi connectivity index (χ4v) is 5.47. The van der Waals surface area contributed by atoms with Gasteiger partial charge in [-0.2, -0.15) is 0 Å². The van der Waals surface area contributed by atoms with E-state index in [0.717, 1.165) is 4.90 Å². The van der Waals surface area contributed by atoms with Crippen LogP contribution in [0.4, 0.5) is 0 Å². The van der Waals surface area contributed by atoms with E-state index in [0.29, 0.717) is 15.7 Å². The summed E-state index contributed by atoms with van der Waals surface area (Å²) in [6, 6.07) is 15.3. The molecule has 1 aliphatic rings. The van der Waals surface area contributed by atoms with Crippen molar-refractivity contribution in [2.24, 2.45) is 5.41 Å². The van der Waals surface area contributed by atoms with E-state index in [1.165, 1.54) is 19.1 Å². The third-order valence-corrected chi connectivity index (χ3v) is 6.86. The lowest BCUT2D eigenvalue weighted by Gasteiger charge is -2.23. The van der Waals surface area contributed by atoms with Crippen molar-refractivity contribution >= 4 is 43.3 Å². The largest absolute Gasteiger partial charge is 0.274 e. The molecule has 0 aromatic heterocycles. The van der Waals surface area contributed by atoms with Gasteiger partial charge in [-0.1, -0.05) is 52.3 Å². The lowest BCUT2D eigenvalue weighted by atomic mass is 9.93. The minimum Gasteiger partial charge on any atom is -0.274 e. The van der Waals surface area contributed by atoms with Gasteiger partial charge in [0.2, 0.25) is 11.8 Å². The molecule has 2 aromatic rings. The van der Waals surface area contributed by atoms with Gasteiger partial charge in [-0.05, 0) is 36.8 Å². The normalized spacial score (nSPS) is 19.9. The Morgan fingerprint density at radius 3 is 2.37 bits per heavy atom. The second kappa shape index (κ2) is 7.05. The number of carbonyl (C=O) groups excluding carboxylic acids is 2. The highest BCUT2D eigenvalue weighted by atomic mass is 79.9. The Balaban J connectivity index is 2.05. The Kier molecular flexibility index (Phi) is 5.10. The molecule has 0 saturated carbocycles. The van der Waals surface area contributed by atoms with Crippen molar-refractivity contribution in [2.75, 3.05) is 5.75 Å². The molecule has 1 aliphatic heterocycles. The number of amides is 2. The third-order valence-electron chi connectivity index (χ3n) is 4.42. The first-order valence-corrected chi connectivity index (χ1v) is 10.7. The van der Waals surface area contributed by atoms with Crippen LogP contribution < -0.4 is 0 Å². The highest BCUT2D eigenvalue weighted by Crippen LogP contribution is 2.39. The SMILES string of the molecule is CC(=O)N1C(=O)C(C)(CS(=O)(=O)c2cccc(Br)c2)C=C1c1ccccc1. The number of halogens is 1. The first-order valence-electron chi connectivity index (χ1n) is 8.26. The van der Waals surface area contributed by atoms with Crippen LogP contribution in [0.3, 0.4) is 0 Å². The first kappa shape index (κ1) is 19.5. The van der Waals surface area contributed by atoms with Crippen LogP contribution >= 0.6 is 15.9 Å². The fraction of sp³-hybridized carbons (Fsp3) is 0.200. The highest BCUT2D eigenvalue weighted by molar-refractivity contribution is 9.10. The summed E-state index contributed by atoms with van der Waals surface area (Å²) in [5, 5.41) is 0. The van der Waals surface area contributed by atoms with E-state index in [-0.39, 0.29) is 4.90 Å². The van der Waals surface area contributed by atoms with E-state index in [1.54, 1.807) is 49.4 Å². The van der Waals surface area contributed by atoms with Gasteiger partial charge in [0.15, 0.2) is 9.84 Å². The molecule has 0 bridgehead atoms. The topological polar surface area (TPSA) is 71.5 Å². The molecular formula is C20H18BrNO4S. The molecule has 1 heterocycles. The van der Waals surface area contributed by atoms with Crippen molar-refractivity contribution in [1.29, 1.82) is 0 Å². The molecule has 27 heavy (non-hydrogen) atoms. The molecule has 140 valence electrons. The smallest absolute Gasteiger partial charge is 0.244 e. The highest BCUT2D eigenvalue weighted by Gasteiger charge is 2.47. The van der Waals surface area contributed by atoms with E-state index in [2.05, 4.69) is 15.9 Å². The van der Waals surface area contributed by atoms with Crippen molar-refractivity contribution in [1.82, 2.24) is 4.90 Å². The molecule has 1 unspecified atom stereocenters. The summed E-state index contributed by atoms with van der Waals surface area (Å²) in [5.41, 5.74) is -0.234.